The topological polar surface area (TPSA) is 54.7 Å². The average molecular weight is 255 g/mol. The first kappa shape index (κ1) is 12.6. The summed E-state index contributed by atoms with van der Waals surface area (Å²) in [6.45, 7) is 0.141. The van der Waals surface area contributed by atoms with Crippen LogP contribution in [0.4, 0.5) is 13.2 Å². The largest absolute Gasteiger partial charge is 0.433 e. The summed E-state index contributed by atoms with van der Waals surface area (Å²) in [6, 6.07) is 8.74. The molecule has 0 saturated carbocycles. The third-order valence-corrected chi connectivity index (χ3v) is 2.59. The van der Waals surface area contributed by atoms with E-state index < -0.39 is 11.9 Å². The highest BCUT2D eigenvalue weighted by Crippen LogP contribution is 2.34. The molecule has 18 heavy (non-hydrogen) atoms. The molecule has 2 aromatic rings. The fourth-order valence-corrected chi connectivity index (χ4v) is 1.82. The molecule has 1 aromatic carbocycles. The van der Waals surface area contributed by atoms with Gasteiger partial charge in [-0.1, -0.05) is 30.3 Å². The minimum absolute atomic E-state index is 0.121. The van der Waals surface area contributed by atoms with Crippen LogP contribution in [0.15, 0.2) is 30.3 Å². The van der Waals surface area contributed by atoms with Crippen LogP contribution in [0.5, 0.6) is 0 Å². The van der Waals surface area contributed by atoms with E-state index in [-0.39, 0.29) is 18.5 Å². The third kappa shape index (κ3) is 2.38. The van der Waals surface area contributed by atoms with Crippen molar-refractivity contribution in [3.05, 3.63) is 41.6 Å². The molecule has 1 heterocycles. The minimum Gasteiger partial charge on any atom is -0.330 e. The highest BCUT2D eigenvalue weighted by atomic mass is 19.4. The summed E-state index contributed by atoms with van der Waals surface area (Å²) >= 11 is 0. The molecule has 1 aromatic heterocycles. The zero-order chi connectivity index (χ0) is 13.2. The monoisotopic (exact) mass is 255 g/mol. The lowest BCUT2D eigenvalue weighted by Gasteiger charge is -2.07. The van der Waals surface area contributed by atoms with Crippen LogP contribution in [0.3, 0.4) is 0 Å². The molecular formula is C12H12F3N3. The Morgan fingerprint density at radius 3 is 2.39 bits per heavy atom. The van der Waals surface area contributed by atoms with Gasteiger partial charge in [-0.15, -0.1) is 0 Å². The van der Waals surface area contributed by atoms with Gasteiger partial charge in [0.15, 0.2) is 0 Å². The van der Waals surface area contributed by atoms with Gasteiger partial charge in [-0.05, 0) is 13.0 Å². The van der Waals surface area contributed by atoms with Crippen LogP contribution in [0.2, 0.25) is 0 Å². The van der Waals surface area contributed by atoms with E-state index in [1.165, 1.54) is 0 Å². The molecule has 0 saturated heterocycles. The molecular weight excluding hydrogens is 243 g/mol. The van der Waals surface area contributed by atoms with Gasteiger partial charge in [0.05, 0.1) is 5.69 Å². The van der Waals surface area contributed by atoms with Gasteiger partial charge in [-0.2, -0.15) is 18.3 Å². The van der Waals surface area contributed by atoms with Gasteiger partial charge in [0, 0.05) is 11.1 Å². The summed E-state index contributed by atoms with van der Waals surface area (Å²) < 4.78 is 38.4. The molecule has 0 radical (unpaired) electrons. The molecule has 0 amide bonds. The van der Waals surface area contributed by atoms with Crippen LogP contribution in [0.1, 0.15) is 11.3 Å². The normalized spacial score (nSPS) is 11.8. The van der Waals surface area contributed by atoms with Gasteiger partial charge in [-0.3, -0.25) is 5.10 Å². The Balaban J connectivity index is 2.52. The van der Waals surface area contributed by atoms with Crippen LogP contribution < -0.4 is 5.73 Å². The maximum Gasteiger partial charge on any atom is 0.433 e. The second-order valence-electron chi connectivity index (χ2n) is 3.83. The second-order valence-corrected chi connectivity index (χ2v) is 3.83. The van der Waals surface area contributed by atoms with Crippen molar-refractivity contribution in [1.29, 1.82) is 0 Å². The summed E-state index contributed by atoms with van der Waals surface area (Å²) in [5.41, 5.74) is 5.64. The molecule has 96 valence electrons. The van der Waals surface area contributed by atoms with Gasteiger partial charge in [0.2, 0.25) is 0 Å². The number of aromatic amines is 1. The predicted molar refractivity (Wildman–Crippen MR) is 61.8 cm³/mol. The van der Waals surface area contributed by atoms with E-state index in [0.717, 1.165) is 0 Å². The van der Waals surface area contributed by atoms with Gasteiger partial charge in [0.1, 0.15) is 5.69 Å². The molecule has 3 nitrogen and oxygen atoms in total. The number of alkyl halides is 3. The Labute approximate surface area is 102 Å². The van der Waals surface area contributed by atoms with Crippen molar-refractivity contribution < 1.29 is 13.2 Å². The van der Waals surface area contributed by atoms with E-state index >= 15 is 0 Å². The molecule has 0 atom stereocenters. The molecule has 3 N–H and O–H groups in total. The molecule has 0 fully saturated rings. The smallest absolute Gasteiger partial charge is 0.330 e. The number of halogens is 3. The van der Waals surface area contributed by atoms with Crippen LogP contribution in [0, 0.1) is 0 Å². The van der Waals surface area contributed by atoms with Gasteiger partial charge < -0.3 is 5.73 Å². The van der Waals surface area contributed by atoms with E-state index in [0.29, 0.717) is 11.3 Å². The summed E-state index contributed by atoms with van der Waals surface area (Å²) in [6.07, 6.45) is -4.31. The number of nitrogens with one attached hydrogen (secondary N) is 1. The van der Waals surface area contributed by atoms with E-state index in [1.54, 1.807) is 30.3 Å². The molecule has 0 unspecified atom stereocenters. The van der Waals surface area contributed by atoms with Crippen molar-refractivity contribution in [1.82, 2.24) is 10.2 Å². The molecule has 6 heteroatoms. The van der Waals surface area contributed by atoms with Crippen LogP contribution in [-0.4, -0.2) is 16.7 Å². The van der Waals surface area contributed by atoms with Crippen molar-refractivity contribution in [3.8, 4) is 11.3 Å². The Morgan fingerprint density at radius 2 is 1.83 bits per heavy atom. The molecule has 0 aliphatic rings. The highest BCUT2D eigenvalue weighted by molar-refractivity contribution is 5.64. The Kier molecular flexibility index (Phi) is 3.38. The van der Waals surface area contributed by atoms with E-state index in [2.05, 4.69) is 10.2 Å². The Hall–Kier alpha value is -1.82. The third-order valence-electron chi connectivity index (χ3n) is 2.59. The van der Waals surface area contributed by atoms with Crippen LogP contribution >= 0.6 is 0 Å². The van der Waals surface area contributed by atoms with E-state index in [9.17, 15) is 13.2 Å². The average Bonchev–Trinajstić information content (AvgIpc) is 2.74. The van der Waals surface area contributed by atoms with Gasteiger partial charge >= 0.3 is 6.18 Å². The van der Waals surface area contributed by atoms with Crippen LogP contribution in [-0.2, 0) is 12.6 Å². The van der Waals surface area contributed by atoms with Crippen molar-refractivity contribution in [2.24, 2.45) is 5.73 Å². The number of benzene rings is 1. The highest BCUT2D eigenvalue weighted by Gasteiger charge is 2.36. The number of nitrogens with two attached hydrogens (primary N) is 1. The maximum atomic E-state index is 12.8. The first-order valence-corrected chi connectivity index (χ1v) is 5.44. The lowest BCUT2D eigenvalue weighted by molar-refractivity contribution is -0.141. The van der Waals surface area contributed by atoms with E-state index in [4.69, 9.17) is 5.73 Å². The summed E-state index contributed by atoms with van der Waals surface area (Å²) in [4.78, 5) is 0. The second kappa shape index (κ2) is 4.81. The summed E-state index contributed by atoms with van der Waals surface area (Å²) in [5.74, 6) is 0. The van der Waals surface area contributed by atoms with Crippen molar-refractivity contribution in [2.75, 3.05) is 6.54 Å². The molecule has 0 spiro atoms. The zero-order valence-electron chi connectivity index (χ0n) is 9.46. The van der Waals surface area contributed by atoms with Crippen molar-refractivity contribution in [2.45, 2.75) is 12.6 Å². The number of hydrogen-bond donors (Lipinski definition) is 2. The van der Waals surface area contributed by atoms with Crippen LogP contribution in [0.25, 0.3) is 11.3 Å². The maximum absolute atomic E-state index is 12.8. The SMILES string of the molecule is NCCc1c(-c2ccccc2)n[nH]c1C(F)(F)F. The minimum atomic E-state index is -4.44. The summed E-state index contributed by atoms with van der Waals surface area (Å²) in [7, 11) is 0. The Morgan fingerprint density at radius 1 is 1.17 bits per heavy atom. The number of nitrogens with zero attached hydrogens (tertiary/aromatic N) is 1. The molecule has 2 rings (SSSR count). The molecule has 0 aliphatic carbocycles. The number of rotatable bonds is 3. The molecule has 0 bridgehead atoms. The quantitative estimate of drug-likeness (QED) is 0.885. The van der Waals surface area contributed by atoms with Gasteiger partial charge in [0.25, 0.3) is 0 Å². The first-order chi connectivity index (χ1) is 8.54. The fourth-order valence-electron chi connectivity index (χ4n) is 1.82. The number of aromatic nitrogens is 2. The van der Waals surface area contributed by atoms with E-state index in [1.807, 2.05) is 0 Å². The predicted octanol–water partition coefficient (Wildman–Crippen LogP) is 2.60. The lowest BCUT2D eigenvalue weighted by Crippen LogP contribution is -2.12. The first-order valence-electron chi connectivity index (χ1n) is 5.44. The zero-order valence-corrected chi connectivity index (χ0v) is 9.46. The fraction of sp³-hybridized carbons (Fsp3) is 0.250. The lowest BCUT2D eigenvalue weighted by atomic mass is 10.0. The standard InChI is InChI=1S/C12H12F3N3/c13-12(14,15)11-9(6-7-16)10(17-18-11)8-4-2-1-3-5-8/h1-5H,6-7,16H2,(H,17,18). The van der Waals surface area contributed by atoms with Crippen molar-refractivity contribution >= 4 is 0 Å². The summed E-state index contributed by atoms with van der Waals surface area (Å²) in [5, 5.41) is 5.84. The van der Waals surface area contributed by atoms with Crippen molar-refractivity contribution in [3.63, 3.8) is 0 Å². The van der Waals surface area contributed by atoms with Gasteiger partial charge in [-0.25, -0.2) is 0 Å². The molecule has 0 aliphatic heterocycles. The number of hydrogen-bond acceptors (Lipinski definition) is 2. The Bertz CT molecular complexity index is 517. The number of H-pyrrole nitrogens is 1.